The summed E-state index contributed by atoms with van der Waals surface area (Å²) in [5.41, 5.74) is 0. The van der Waals surface area contributed by atoms with Gasteiger partial charge in [0.05, 0.1) is 0 Å². The molecule has 0 fully saturated rings. The van der Waals surface area contributed by atoms with Crippen LogP contribution in [-0.2, 0) is 0 Å². The second-order valence-corrected chi connectivity index (χ2v) is 6.10. The largest absolute Gasteiger partial charge is 0.641 e. The normalized spacial score (nSPS) is 9.77. The third-order valence-corrected chi connectivity index (χ3v) is 4.45. The van der Waals surface area contributed by atoms with E-state index in [9.17, 15) is 4.39 Å². The fourth-order valence-electron chi connectivity index (χ4n) is 1.18. The number of halogens is 1. The van der Waals surface area contributed by atoms with E-state index in [0.717, 1.165) is 10.6 Å². The molecule has 0 aromatic heterocycles. The lowest BCUT2D eigenvalue weighted by atomic mass is 10.3. The van der Waals surface area contributed by atoms with Crippen molar-refractivity contribution in [3.63, 3.8) is 0 Å². The molecule has 0 heterocycles. The molecule has 0 N–H and O–H groups in total. The van der Waals surface area contributed by atoms with Crippen LogP contribution in [0.2, 0.25) is 10.6 Å². The molecule has 1 aromatic rings. The molecule has 3 heteroatoms. The molecule has 0 aliphatic heterocycles. The van der Waals surface area contributed by atoms with E-state index in [-0.39, 0.29) is 5.82 Å². The van der Waals surface area contributed by atoms with Crippen molar-refractivity contribution in [3.05, 3.63) is 30.1 Å². The maximum Gasteiger partial charge on any atom is 0.546 e. The summed E-state index contributed by atoms with van der Waals surface area (Å²) in [5, 5.41) is 2.09. The van der Waals surface area contributed by atoms with E-state index < -0.39 is 14.5 Å². The first-order valence-corrected chi connectivity index (χ1v) is 6.79. The van der Waals surface area contributed by atoms with Crippen molar-refractivity contribution < 1.29 is 8.18 Å². The molecule has 70 valence electrons. The van der Waals surface area contributed by atoms with Gasteiger partial charge >= 0.3 is 14.5 Å². The average molecular weight is 196 g/mol. The second kappa shape index (κ2) is 5.26. The highest BCUT2D eigenvalue weighted by molar-refractivity contribution is 6.52. The molecule has 0 atom stereocenters. The minimum atomic E-state index is -1.19. The molecule has 0 unspecified atom stereocenters. The van der Waals surface area contributed by atoms with E-state index >= 15 is 0 Å². The molecule has 0 saturated carbocycles. The van der Waals surface area contributed by atoms with Crippen LogP contribution in [0.3, 0.4) is 0 Å². The van der Waals surface area contributed by atoms with E-state index in [1.54, 1.807) is 18.2 Å². The number of para-hydroxylation sites is 1. The number of rotatable bonds is 4. The molecular weight excluding hydrogens is 182 g/mol. The molecule has 0 bridgehead atoms. The Labute approximate surface area is 83.3 Å². The highest BCUT2D eigenvalue weighted by Gasteiger charge is 2.18. The summed E-state index contributed by atoms with van der Waals surface area (Å²) in [6, 6.07) is 6.61. The van der Waals surface area contributed by atoms with Crippen molar-refractivity contribution in [3.8, 4) is 5.75 Å². The Morgan fingerprint density at radius 1 is 1.23 bits per heavy atom. The fraction of sp³-hybridized carbons (Fsp3) is 0.400. The predicted molar refractivity (Wildman–Crippen MR) is 53.7 cm³/mol. The van der Waals surface area contributed by atoms with Gasteiger partial charge in [-0.05, 0) is 12.1 Å². The van der Waals surface area contributed by atoms with Crippen LogP contribution in [0.15, 0.2) is 24.3 Å². The lowest BCUT2D eigenvalue weighted by Crippen LogP contribution is -2.19. The zero-order chi connectivity index (χ0) is 9.68. The molecule has 0 radical (unpaired) electrons. The van der Waals surface area contributed by atoms with E-state index in [4.69, 9.17) is 3.79 Å². The van der Waals surface area contributed by atoms with Gasteiger partial charge in [-0.25, -0.2) is 4.39 Å². The van der Waals surface area contributed by atoms with Crippen molar-refractivity contribution >= 4 is 14.5 Å². The molecule has 0 amide bonds. The first kappa shape index (κ1) is 10.6. The van der Waals surface area contributed by atoms with Gasteiger partial charge in [0.15, 0.2) is 5.82 Å². The maximum atomic E-state index is 13.1. The molecule has 1 nitrogen and oxygen atoms in total. The third kappa shape index (κ3) is 3.02. The molecule has 13 heavy (non-hydrogen) atoms. The van der Waals surface area contributed by atoms with E-state index in [1.165, 1.54) is 6.07 Å². The van der Waals surface area contributed by atoms with Gasteiger partial charge in [0.1, 0.15) is 5.75 Å². The Morgan fingerprint density at radius 3 is 2.38 bits per heavy atom. The minimum Gasteiger partial charge on any atom is -0.641 e. The lowest BCUT2D eigenvalue weighted by Gasteiger charge is -2.12. The van der Waals surface area contributed by atoms with Gasteiger partial charge in [0, 0.05) is 0 Å². The Bertz CT molecular complexity index is 261. The molecule has 0 aliphatic carbocycles. The SMILES string of the molecule is C[CH2][Al]([CH2]C)[O]c1ccccc1F. The van der Waals surface area contributed by atoms with Crippen LogP contribution in [0.5, 0.6) is 5.75 Å². The quantitative estimate of drug-likeness (QED) is 0.672. The monoisotopic (exact) mass is 196 g/mol. The zero-order valence-corrected chi connectivity index (χ0v) is 9.24. The van der Waals surface area contributed by atoms with E-state index in [2.05, 4.69) is 13.8 Å². The van der Waals surface area contributed by atoms with Gasteiger partial charge in [0.25, 0.3) is 0 Å². The van der Waals surface area contributed by atoms with Crippen molar-refractivity contribution in [1.29, 1.82) is 0 Å². The van der Waals surface area contributed by atoms with Gasteiger partial charge in [-0.3, -0.25) is 0 Å². The van der Waals surface area contributed by atoms with Crippen LogP contribution in [0, 0.1) is 5.82 Å². The minimum absolute atomic E-state index is 0.248. The average Bonchev–Trinajstić information content (AvgIpc) is 2.17. The van der Waals surface area contributed by atoms with Gasteiger partial charge in [0.2, 0.25) is 0 Å². The lowest BCUT2D eigenvalue weighted by molar-refractivity contribution is 0.501. The molecule has 0 spiro atoms. The van der Waals surface area contributed by atoms with Gasteiger partial charge in [-0.2, -0.15) is 0 Å². The van der Waals surface area contributed by atoms with Crippen molar-refractivity contribution in [2.75, 3.05) is 0 Å². The third-order valence-electron chi connectivity index (χ3n) is 2.04. The van der Waals surface area contributed by atoms with Gasteiger partial charge in [-0.1, -0.05) is 36.5 Å². The molecular formula is C10H14AlFO. The van der Waals surface area contributed by atoms with Crippen LogP contribution in [0.4, 0.5) is 4.39 Å². The van der Waals surface area contributed by atoms with E-state index in [0.29, 0.717) is 5.75 Å². The summed E-state index contributed by atoms with van der Waals surface area (Å²) >= 11 is -1.19. The highest BCUT2D eigenvalue weighted by Crippen LogP contribution is 2.17. The van der Waals surface area contributed by atoms with Gasteiger partial charge in [-0.15, -0.1) is 0 Å². The summed E-state index contributed by atoms with van der Waals surface area (Å²) in [7, 11) is 0. The highest BCUT2D eigenvalue weighted by atomic mass is 27.2. The van der Waals surface area contributed by atoms with Crippen LogP contribution < -0.4 is 3.79 Å². The Hall–Kier alpha value is -0.518. The fourth-order valence-corrected chi connectivity index (χ4v) is 2.64. The van der Waals surface area contributed by atoms with Crippen LogP contribution in [-0.4, -0.2) is 14.5 Å². The number of hydrogen-bond acceptors (Lipinski definition) is 1. The standard InChI is InChI=1S/C6H5FO.2C2H5.Al/c7-5-3-1-2-4-6(5)8;2*1-2;/h1-4,8H;2*1H2,2H3;/q;;;+1/p-1. The smallest absolute Gasteiger partial charge is 0.546 e. The molecule has 1 rings (SSSR count). The summed E-state index contributed by atoms with van der Waals surface area (Å²) in [6.07, 6.45) is 0. The maximum absolute atomic E-state index is 13.1. The van der Waals surface area contributed by atoms with Crippen molar-refractivity contribution in [2.24, 2.45) is 0 Å². The van der Waals surface area contributed by atoms with Crippen LogP contribution in [0.25, 0.3) is 0 Å². The van der Waals surface area contributed by atoms with E-state index in [1.807, 2.05) is 0 Å². The van der Waals surface area contributed by atoms with Crippen molar-refractivity contribution in [1.82, 2.24) is 0 Å². The zero-order valence-electron chi connectivity index (χ0n) is 8.09. The van der Waals surface area contributed by atoms with Crippen molar-refractivity contribution in [2.45, 2.75) is 24.4 Å². The van der Waals surface area contributed by atoms with Crippen LogP contribution >= 0.6 is 0 Å². The number of benzene rings is 1. The summed E-state index contributed by atoms with van der Waals surface area (Å²) in [5.74, 6) is 0.171. The Kier molecular flexibility index (Phi) is 4.28. The van der Waals surface area contributed by atoms with Gasteiger partial charge < -0.3 is 3.79 Å². The first-order chi connectivity index (χ1) is 6.27. The topological polar surface area (TPSA) is 9.23 Å². The Morgan fingerprint density at radius 2 is 1.85 bits per heavy atom. The summed E-state index contributed by atoms with van der Waals surface area (Å²) in [6.45, 7) is 4.20. The molecule has 1 aromatic carbocycles. The summed E-state index contributed by atoms with van der Waals surface area (Å²) < 4.78 is 18.7. The predicted octanol–water partition coefficient (Wildman–Crippen LogP) is 3.24. The second-order valence-electron chi connectivity index (χ2n) is 2.99. The van der Waals surface area contributed by atoms with Crippen LogP contribution in [0.1, 0.15) is 13.8 Å². The molecule has 0 saturated heterocycles. The molecule has 0 aliphatic rings. The first-order valence-electron chi connectivity index (χ1n) is 4.69. The number of hydrogen-bond donors (Lipinski definition) is 0. The Balaban J connectivity index is 2.67. The summed E-state index contributed by atoms with van der Waals surface area (Å²) in [4.78, 5) is 0.